The maximum Gasteiger partial charge on any atom is 0.135 e. The fourth-order valence-corrected chi connectivity index (χ4v) is 10.8. The molecule has 13 aromatic rings. The van der Waals surface area contributed by atoms with Gasteiger partial charge in [-0.3, -0.25) is 0 Å². The number of aromatic nitrogens is 3. The number of nitrogens with zero attached hydrogens (tertiary/aromatic N) is 3. The summed E-state index contributed by atoms with van der Waals surface area (Å²) in [5.74, 6) is 1.08. The van der Waals surface area contributed by atoms with Gasteiger partial charge < -0.3 is 18.1 Å². The first-order valence-electron chi connectivity index (χ1n) is 23.6. The van der Waals surface area contributed by atoms with E-state index in [1.165, 1.54) is 99.7 Å². The molecule has 4 nitrogen and oxygen atoms in total. The third-order valence-corrected chi connectivity index (χ3v) is 13.7. The maximum absolute atomic E-state index is 6.37. The van der Waals surface area contributed by atoms with Crippen LogP contribution in [-0.4, -0.2) is 13.7 Å². The minimum absolute atomic E-state index is 0.938. The Bertz CT molecular complexity index is 3870. The second kappa shape index (κ2) is 15.7. The largest absolute Gasteiger partial charge is 0.460 e. The van der Waals surface area contributed by atoms with Crippen LogP contribution in [0.15, 0.2) is 211 Å². The first kappa shape index (κ1) is 39.1. The lowest BCUT2D eigenvalue weighted by Gasteiger charge is -2.10. The predicted octanol–water partition coefficient (Wildman–Crippen LogP) is 17.4. The van der Waals surface area contributed by atoms with Crippen LogP contribution in [0.5, 0.6) is 0 Å². The van der Waals surface area contributed by atoms with Crippen molar-refractivity contribution in [1.29, 1.82) is 0 Å². The van der Waals surface area contributed by atoms with Crippen LogP contribution in [0.3, 0.4) is 0 Å². The quantitative estimate of drug-likeness (QED) is 0.169. The summed E-state index contributed by atoms with van der Waals surface area (Å²) in [6.45, 7) is 4.25. The van der Waals surface area contributed by atoms with Crippen LogP contribution in [0.4, 0.5) is 0 Å². The Hall–Kier alpha value is -8.34. The van der Waals surface area contributed by atoms with Gasteiger partial charge in [0.15, 0.2) is 0 Å². The van der Waals surface area contributed by atoms with Gasteiger partial charge in [-0.05, 0) is 132 Å². The lowest BCUT2D eigenvalue weighted by atomic mass is 9.98. The van der Waals surface area contributed by atoms with Gasteiger partial charge in [0.05, 0.1) is 33.1 Å². The van der Waals surface area contributed by atoms with Crippen molar-refractivity contribution in [3.8, 4) is 39.3 Å². The molecule has 0 N–H and O–H groups in total. The summed E-state index contributed by atoms with van der Waals surface area (Å²) < 4.78 is 13.6. The van der Waals surface area contributed by atoms with Crippen molar-refractivity contribution in [2.75, 3.05) is 0 Å². The molecule has 9 aromatic carbocycles. The summed E-state index contributed by atoms with van der Waals surface area (Å²) >= 11 is 0. The zero-order valence-corrected chi connectivity index (χ0v) is 37.6. The van der Waals surface area contributed by atoms with Gasteiger partial charge in [0.2, 0.25) is 0 Å². The van der Waals surface area contributed by atoms with Crippen molar-refractivity contribution in [3.63, 3.8) is 0 Å². The van der Waals surface area contributed by atoms with Crippen molar-refractivity contribution in [3.05, 3.63) is 218 Å². The van der Waals surface area contributed by atoms with Crippen LogP contribution in [0.25, 0.3) is 122 Å². The first-order valence-corrected chi connectivity index (χ1v) is 23.6. The molecule has 0 unspecified atom stereocenters. The maximum atomic E-state index is 6.37. The van der Waals surface area contributed by atoms with E-state index in [1.807, 2.05) is 0 Å². The average Bonchev–Trinajstić information content (AvgIpc) is 4.12. The molecular formula is C63H47N3O. The highest BCUT2D eigenvalue weighted by atomic mass is 16.3. The molecule has 0 fully saturated rings. The Balaban J connectivity index is 0.00000145. The molecule has 0 bridgehead atoms. The highest BCUT2D eigenvalue weighted by molar-refractivity contribution is 6.15. The number of hydrogen-bond donors (Lipinski definition) is 0. The Morgan fingerprint density at radius 2 is 0.776 bits per heavy atom. The van der Waals surface area contributed by atoms with E-state index in [2.05, 4.69) is 240 Å². The van der Waals surface area contributed by atoms with Crippen LogP contribution in [-0.2, 0) is 6.42 Å². The molecule has 14 rings (SSSR count). The first-order chi connectivity index (χ1) is 33.1. The molecule has 0 atom stereocenters. The van der Waals surface area contributed by atoms with Crippen LogP contribution >= 0.6 is 0 Å². The molecule has 1 aliphatic rings. The van der Waals surface area contributed by atoms with Gasteiger partial charge in [0.1, 0.15) is 11.3 Å². The van der Waals surface area contributed by atoms with Crippen molar-refractivity contribution in [2.45, 2.75) is 33.1 Å². The van der Waals surface area contributed by atoms with Gasteiger partial charge in [-0.25, -0.2) is 0 Å². The lowest BCUT2D eigenvalue weighted by molar-refractivity contribution is 0.546. The molecule has 4 heteroatoms. The number of furan rings is 1. The molecular weight excluding hydrogens is 815 g/mol. The fourth-order valence-electron chi connectivity index (χ4n) is 10.8. The standard InChI is InChI=1S/C60H39N3O.C3H8/c1-3-13-42(14-4-1)61-53-20-10-7-17-45(53)48-33-38(23-28-55(48)61)40-25-30-57-50(35-40)51-36-41(26-31-58(51)63(57)44-27-32-60-52(37-44)47-19-9-12-22-59(47)64-60)39-24-29-56-49(34-39)46-18-8-11-21-54(46)62(56)43-15-5-2-6-16-43;1-3-2/h1-11,13-21,23-37H,12,22H2;3H2,1-2H3. The van der Waals surface area contributed by atoms with Crippen molar-refractivity contribution in [1.82, 2.24) is 13.7 Å². The van der Waals surface area contributed by atoms with Crippen LogP contribution in [0.1, 0.15) is 38.0 Å². The molecule has 67 heavy (non-hydrogen) atoms. The SMILES string of the molecule is C1=Cc2c(oc3ccc(-n4c5ccc(-c6ccc7c(c6)c6ccccc6n7-c6ccccc6)cc5c5cc(-c6ccc7c(c6)c6ccccc6n7-c6ccccc6)ccc54)cc23)CC1.CCC. The van der Waals surface area contributed by atoms with Crippen molar-refractivity contribution in [2.24, 2.45) is 0 Å². The summed E-state index contributed by atoms with van der Waals surface area (Å²) in [6.07, 6.45) is 7.71. The van der Waals surface area contributed by atoms with Gasteiger partial charge >= 0.3 is 0 Å². The summed E-state index contributed by atoms with van der Waals surface area (Å²) in [5, 5.41) is 8.60. The highest BCUT2D eigenvalue weighted by Crippen LogP contribution is 2.42. The zero-order valence-electron chi connectivity index (χ0n) is 37.6. The van der Waals surface area contributed by atoms with E-state index in [9.17, 15) is 0 Å². The molecule has 1 aliphatic carbocycles. The highest BCUT2D eigenvalue weighted by Gasteiger charge is 2.20. The van der Waals surface area contributed by atoms with Crippen LogP contribution < -0.4 is 0 Å². The number of hydrogen-bond acceptors (Lipinski definition) is 1. The topological polar surface area (TPSA) is 27.9 Å². The number of benzene rings is 9. The van der Waals surface area contributed by atoms with Crippen LogP contribution in [0.2, 0.25) is 0 Å². The van der Waals surface area contributed by atoms with E-state index >= 15 is 0 Å². The van der Waals surface area contributed by atoms with Gasteiger partial charge in [-0.15, -0.1) is 0 Å². The third kappa shape index (κ3) is 6.21. The summed E-state index contributed by atoms with van der Waals surface area (Å²) in [7, 11) is 0. The Kier molecular flexibility index (Phi) is 9.14. The van der Waals surface area contributed by atoms with Crippen molar-refractivity contribution >= 4 is 82.5 Å². The number of fused-ring (bicyclic) bond motifs is 12. The molecule has 0 saturated carbocycles. The third-order valence-electron chi connectivity index (χ3n) is 13.7. The molecule has 0 saturated heterocycles. The summed E-state index contributed by atoms with van der Waals surface area (Å²) in [5.41, 5.74) is 17.5. The molecule has 320 valence electrons. The molecule has 0 aliphatic heterocycles. The molecule has 0 amide bonds. The van der Waals surface area contributed by atoms with E-state index in [0.717, 1.165) is 46.6 Å². The van der Waals surface area contributed by atoms with Gasteiger partial charge in [0, 0.05) is 66.8 Å². The molecule has 0 radical (unpaired) electrons. The predicted molar refractivity (Wildman–Crippen MR) is 283 cm³/mol. The van der Waals surface area contributed by atoms with Crippen LogP contribution in [0, 0.1) is 0 Å². The summed E-state index contributed by atoms with van der Waals surface area (Å²) in [4.78, 5) is 0. The number of rotatable bonds is 5. The monoisotopic (exact) mass is 861 g/mol. The Labute approximate surface area is 388 Å². The second-order valence-electron chi connectivity index (χ2n) is 17.9. The van der Waals surface area contributed by atoms with E-state index in [4.69, 9.17) is 4.42 Å². The Morgan fingerprint density at radius 3 is 1.25 bits per heavy atom. The molecule has 4 heterocycles. The normalized spacial score (nSPS) is 12.5. The average molecular weight is 862 g/mol. The van der Waals surface area contributed by atoms with E-state index in [0.29, 0.717) is 0 Å². The van der Waals surface area contributed by atoms with E-state index in [1.54, 1.807) is 0 Å². The Morgan fingerprint density at radius 1 is 0.373 bits per heavy atom. The number of aryl methyl sites for hydroxylation is 1. The zero-order chi connectivity index (χ0) is 44.6. The van der Waals surface area contributed by atoms with Gasteiger partial charge in [-0.1, -0.05) is 129 Å². The van der Waals surface area contributed by atoms with E-state index in [-0.39, 0.29) is 0 Å². The number of allylic oxidation sites excluding steroid dienone is 1. The molecule has 4 aromatic heterocycles. The second-order valence-corrected chi connectivity index (χ2v) is 17.9. The smallest absolute Gasteiger partial charge is 0.135 e. The van der Waals surface area contributed by atoms with Crippen molar-refractivity contribution < 1.29 is 4.42 Å². The lowest BCUT2D eigenvalue weighted by Crippen LogP contribution is -1.94. The summed E-state index contributed by atoms with van der Waals surface area (Å²) in [6, 6.07) is 73.6. The molecule has 0 spiro atoms. The van der Waals surface area contributed by atoms with Gasteiger partial charge in [-0.2, -0.15) is 0 Å². The van der Waals surface area contributed by atoms with E-state index < -0.39 is 0 Å². The minimum atomic E-state index is 0.938. The number of para-hydroxylation sites is 4. The fraction of sp³-hybridized carbons (Fsp3) is 0.0794. The van der Waals surface area contributed by atoms with Gasteiger partial charge in [0.25, 0.3) is 0 Å². The minimum Gasteiger partial charge on any atom is -0.460 e.